The van der Waals surface area contributed by atoms with Gasteiger partial charge in [-0.05, 0) is 30.3 Å². The molecule has 96 valence electrons. The van der Waals surface area contributed by atoms with Gasteiger partial charge in [0.25, 0.3) is 0 Å². The first-order valence-corrected chi connectivity index (χ1v) is 7.58. The molecule has 1 N–H and O–H groups in total. The zero-order valence-electron chi connectivity index (χ0n) is 10.3. The van der Waals surface area contributed by atoms with E-state index < -0.39 is 0 Å². The van der Waals surface area contributed by atoms with Gasteiger partial charge in [0.15, 0.2) is 0 Å². The number of rotatable bonds is 4. The summed E-state index contributed by atoms with van der Waals surface area (Å²) >= 11 is 2.14. The Kier molecular flexibility index (Phi) is 7.13. The third-order valence-electron chi connectivity index (χ3n) is 3.61. The van der Waals surface area contributed by atoms with E-state index in [1.165, 1.54) is 56.9 Å². The van der Waals surface area contributed by atoms with Crippen LogP contribution in [0.5, 0.6) is 0 Å². The summed E-state index contributed by atoms with van der Waals surface area (Å²) in [6.07, 6.45) is 4.14. The van der Waals surface area contributed by atoms with Crippen molar-refractivity contribution in [2.45, 2.75) is 32.2 Å². The lowest BCUT2D eigenvalue weighted by atomic mass is 10.0. The van der Waals surface area contributed by atoms with Crippen LogP contribution in [-0.4, -0.2) is 48.6 Å². The Morgan fingerprint density at radius 1 is 1.44 bits per heavy atom. The van der Waals surface area contributed by atoms with Crippen LogP contribution in [0.2, 0.25) is 0 Å². The molecule has 0 amide bonds. The maximum atomic E-state index is 3.53. The summed E-state index contributed by atoms with van der Waals surface area (Å²) in [7, 11) is 0. The van der Waals surface area contributed by atoms with E-state index in [4.69, 9.17) is 0 Å². The van der Waals surface area contributed by atoms with Crippen molar-refractivity contribution in [3.05, 3.63) is 0 Å². The second-order valence-electron chi connectivity index (χ2n) is 4.87. The molecule has 0 saturated carbocycles. The van der Waals surface area contributed by atoms with Crippen molar-refractivity contribution in [3.8, 4) is 0 Å². The van der Waals surface area contributed by atoms with Crippen LogP contribution in [-0.2, 0) is 0 Å². The Labute approximate surface area is 110 Å². The van der Waals surface area contributed by atoms with Gasteiger partial charge in [-0.25, -0.2) is 0 Å². The molecule has 0 aromatic carbocycles. The maximum absolute atomic E-state index is 3.53. The summed E-state index contributed by atoms with van der Waals surface area (Å²) in [6.45, 7) is 7.34. The molecular formula is C12H25ClN2S. The van der Waals surface area contributed by atoms with Gasteiger partial charge in [0.1, 0.15) is 0 Å². The Bertz CT molecular complexity index is 184. The van der Waals surface area contributed by atoms with Crippen molar-refractivity contribution in [1.29, 1.82) is 0 Å². The Morgan fingerprint density at radius 2 is 2.31 bits per heavy atom. The van der Waals surface area contributed by atoms with Crippen molar-refractivity contribution in [2.75, 3.05) is 37.7 Å². The number of halogens is 1. The van der Waals surface area contributed by atoms with Crippen LogP contribution in [0.15, 0.2) is 0 Å². The highest BCUT2D eigenvalue weighted by molar-refractivity contribution is 7.99. The minimum Gasteiger partial charge on any atom is -0.314 e. The second-order valence-corrected chi connectivity index (χ2v) is 6.02. The normalized spacial score (nSPS) is 31.3. The molecule has 2 saturated heterocycles. The third-order valence-corrected chi connectivity index (χ3v) is 4.84. The number of hydrogen-bond donors (Lipinski definition) is 1. The predicted octanol–water partition coefficient (Wildman–Crippen LogP) is 2.24. The van der Waals surface area contributed by atoms with Crippen molar-refractivity contribution in [2.24, 2.45) is 5.92 Å². The van der Waals surface area contributed by atoms with Gasteiger partial charge in [-0.15, -0.1) is 12.4 Å². The molecule has 2 aliphatic heterocycles. The highest BCUT2D eigenvalue weighted by Gasteiger charge is 2.25. The first-order chi connectivity index (χ1) is 7.40. The molecule has 2 atom stereocenters. The molecule has 4 heteroatoms. The fourth-order valence-electron chi connectivity index (χ4n) is 2.72. The van der Waals surface area contributed by atoms with E-state index in [9.17, 15) is 0 Å². The molecular weight excluding hydrogens is 240 g/mol. The minimum absolute atomic E-state index is 0. The lowest BCUT2D eigenvalue weighted by Crippen LogP contribution is -2.52. The van der Waals surface area contributed by atoms with Crippen LogP contribution in [0.4, 0.5) is 0 Å². The molecule has 2 fully saturated rings. The van der Waals surface area contributed by atoms with Gasteiger partial charge in [0.2, 0.25) is 0 Å². The van der Waals surface area contributed by atoms with E-state index in [-0.39, 0.29) is 12.4 Å². The van der Waals surface area contributed by atoms with Gasteiger partial charge in [-0.2, -0.15) is 11.8 Å². The summed E-state index contributed by atoms with van der Waals surface area (Å²) < 4.78 is 0. The molecule has 2 aliphatic rings. The first kappa shape index (κ1) is 14.6. The number of piperazine rings is 1. The average Bonchev–Trinajstić information content (AvgIpc) is 2.74. The van der Waals surface area contributed by atoms with Gasteiger partial charge < -0.3 is 5.32 Å². The number of nitrogens with zero attached hydrogens (tertiary/aromatic N) is 1. The molecule has 2 nitrogen and oxygen atoms in total. The molecule has 2 rings (SSSR count). The van der Waals surface area contributed by atoms with E-state index in [2.05, 4.69) is 28.9 Å². The van der Waals surface area contributed by atoms with Crippen molar-refractivity contribution >= 4 is 24.2 Å². The fourth-order valence-corrected chi connectivity index (χ4v) is 3.99. The van der Waals surface area contributed by atoms with E-state index >= 15 is 0 Å². The molecule has 2 unspecified atom stereocenters. The summed E-state index contributed by atoms with van der Waals surface area (Å²) in [4.78, 5) is 2.75. The van der Waals surface area contributed by atoms with E-state index in [1.807, 2.05) is 0 Å². The fraction of sp³-hybridized carbons (Fsp3) is 1.00. The van der Waals surface area contributed by atoms with Crippen molar-refractivity contribution in [3.63, 3.8) is 0 Å². The van der Waals surface area contributed by atoms with E-state index in [0.29, 0.717) is 0 Å². The maximum Gasteiger partial charge on any atom is 0.0221 e. The Balaban J connectivity index is 0.00000128. The van der Waals surface area contributed by atoms with Crippen molar-refractivity contribution in [1.82, 2.24) is 10.2 Å². The standard InChI is InChI=1S/C12H24N2S.ClH/c1-2-3-12-8-13-5-6-14(12)9-11-4-7-15-10-11;/h11-13H,2-10H2,1H3;1H. The minimum atomic E-state index is 0. The predicted molar refractivity (Wildman–Crippen MR) is 75.8 cm³/mol. The number of thioether (sulfide) groups is 1. The highest BCUT2D eigenvalue weighted by atomic mass is 35.5. The Hall–Kier alpha value is 0.560. The lowest BCUT2D eigenvalue weighted by molar-refractivity contribution is 0.134. The van der Waals surface area contributed by atoms with Crippen LogP contribution in [0.1, 0.15) is 26.2 Å². The summed E-state index contributed by atoms with van der Waals surface area (Å²) in [5, 5.41) is 3.53. The third kappa shape index (κ3) is 4.10. The summed E-state index contributed by atoms with van der Waals surface area (Å²) in [6, 6.07) is 0.814. The van der Waals surface area contributed by atoms with E-state index in [0.717, 1.165) is 12.0 Å². The molecule has 0 aromatic heterocycles. The zero-order valence-corrected chi connectivity index (χ0v) is 11.9. The lowest BCUT2D eigenvalue weighted by Gasteiger charge is -2.37. The van der Waals surface area contributed by atoms with Gasteiger partial charge in [-0.1, -0.05) is 13.3 Å². The van der Waals surface area contributed by atoms with Crippen LogP contribution in [0, 0.1) is 5.92 Å². The highest BCUT2D eigenvalue weighted by Crippen LogP contribution is 2.25. The molecule has 16 heavy (non-hydrogen) atoms. The van der Waals surface area contributed by atoms with Crippen LogP contribution < -0.4 is 5.32 Å². The monoisotopic (exact) mass is 264 g/mol. The van der Waals surface area contributed by atoms with E-state index in [1.54, 1.807) is 0 Å². The Morgan fingerprint density at radius 3 is 3.00 bits per heavy atom. The molecule has 0 radical (unpaired) electrons. The van der Waals surface area contributed by atoms with Gasteiger partial charge in [0, 0.05) is 32.2 Å². The summed E-state index contributed by atoms with van der Waals surface area (Å²) in [5.74, 6) is 3.78. The van der Waals surface area contributed by atoms with Crippen molar-refractivity contribution < 1.29 is 0 Å². The zero-order chi connectivity index (χ0) is 10.5. The smallest absolute Gasteiger partial charge is 0.0221 e. The van der Waals surface area contributed by atoms with Gasteiger partial charge >= 0.3 is 0 Å². The first-order valence-electron chi connectivity index (χ1n) is 6.42. The quantitative estimate of drug-likeness (QED) is 0.839. The van der Waals surface area contributed by atoms with Crippen LogP contribution >= 0.6 is 24.2 Å². The molecule has 2 heterocycles. The second kappa shape index (κ2) is 7.80. The van der Waals surface area contributed by atoms with Crippen LogP contribution in [0.3, 0.4) is 0 Å². The molecule has 0 aromatic rings. The number of nitrogens with one attached hydrogen (secondary N) is 1. The molecule has 0 bridgehead atoms. The molecule has 0 aliphatic carbocycles. The van der Waals surface area contributed by atoms with Gasteiger partial charge in [0.05, 0.1) is 0 Å². The van der Waals surface area contributed by atoms with Gasteiger partial charge in [-0.3, -0.25) is 4.90 Å². The molecule has 0 spiro atoms. The summed E-state index contributed by atoms with van der Waals surface area (Å²) in [5.41, 5.74) is 0. The number of hydrogen-bond acceptors (Lipinski definition) is 3. The average molecular weight is 265 g/mol. The topological polar surface area (TPSA) is 15.3 Å². The SMILES string of the molecule is CCCC1CNCCN1CC1CCSC1.Cl. The van der Waals surface area contributed by atoms with Crippen LogP contribution in [0.25, 0.3) is 0 Å². The largest absolute Gasteiger partial charge is 0.314 e.